The lowest BCUT2D eigenvalue weighted by Gasteiger charge is -2.32. The zero-order valence-electron chi connectivity index (χ0n) is 13.4. The third-order valence-electron chi connectivity index (χ3n) is 3.98. The topological polar surface area (TPSA) is 59.5 Å². The zero-order chi connectivity index (χ0) is 17.6. The Morgan fingerprint density at radius 2 is 1.88 bits per heavy atom. The van der Waals surface area contributed by atoms with E-state index < -0.39 is 0 Å². The predicted octanol–water partition coefficient (Wildman–Crippen LogP) is 4.15. The number of nitrogens with one attached hydrogen (secondary N) is 1. The van der Waals surface area contributed by atoms with Gasteiger partial charge in [0.15, 0.2) is 22.4 Å². The molecule has 0 atom stereocenters. The number of hydrogen-bond donors (Lipinski definition) is 1. The molecule has 4 rings (SSSR count). The number of halogens is 1. The number of rotatable bonds is 3. The molecule has 1 aliphatic heterocycles. The fourth-order valence-corrected chi connectivity index (χ4v) is 3.32. The van der Waals surface area contributed by atoms with Gasteiger partial charge in [0.05, 0.1) is 25.1 Å². The smallest absolute Gasteiger partial charge is 0.185 e. The average Bonchev–Trinajstić information content (AvgIpc) is 2.62. The standard InChI is InChI=1S/C17H13ClN4O2S/c1-23-12-7-11-13-14(15(12)24-2)21-17(25)22(16(13)20-8-19-11)10-5-3-9(18)4-6-10/h3-8H,1-2H3,(H,21,25). The SMILES string of the molecule is COc1cc2ncnc3c2c(c1OC)NC(=S)N3c1ccc(Cl)cc1. The van der Waals surface area contributed by atoms with Crippen LogP contribution < -0.4 is 19.7 Å². The highest BCUT2D eigenvalue weighted by Crippen LogP contribution is 2.47. The first-order chi connectivity index (χ1) is 12.1. The maximum absolute atomic E-state index is 6.00. The highest BCUT2D eigenvalue weighted by molar-refractivity contribution is 7.80. The van der Waals surface area contributed by atoms with Crippen molar-refractivity contribution in [3.05, 3.63) is 41.7 Å². The summed E-state index contributed by atoms with van der Waals surface area (Å²) in [7, 11) is 3.17. The second kappa shape index (κ2) is 6.02. The molecule has 25 heavy (non-hydrogen) atoms. The summed E-state index contributed by atoms with van der Waals surface area (Å²) in [6.07, 6.45) is 1.50. The Balaban J connectivity index is 2.02. The summed E-state index contributed by atoms with van der Waals surface area (Å²) in [5, 5.41) is 5.16. The summed E-state index contributed by atoms with van der Waals surface area (Å²) < 4.78 is 10.9. The van der Waals surface area contributed by atoms with Crippen LogP contribution >= 0.6 is 23.8 Å². The van der Waals surface area contributed by atoms with Crippen LogP contribution in [0.25, 0.3) is 10.9 Å². The number of aromatic nitrogens is 2. The van der Waals surface area contributed by atoms with Gasteiger partial charge in [-0.1, -0.05) is 11.6 Å². The molecular weight excluding hydrogens is 360 g/mol. The molecule has 0 saturated heterocycles. The second-order valence-electron chi connectivity index (χ2n) is 5.32. The monoisotopic (exact) mass is 372 g/mol. The van der Waals surface area contributed by atoms with E-state index in [0.29, 0.717) is 33.1 Å². The summed E-state index contributed by atoms with van der Waals surface area (Å²) in [6, 6.07) is 9.20. The van der Waals surface area contributed by atoms with Gasteiger partial charge in [-0.25, -0.2) is 9.97 Å². The van der Waals surface area contributed by atoms with Crippen molar-refractivity contribution in [1.29, 1.82) is 0 Å². The Hall–Kier alpha value is -2.64. The van der Waals surface area contributed by atoms with Gasteiger partial charge in [-0.2, -0.15) is 0 Å². The third-order valence-corrected chi connectivity index (χ3v) is 4.52. The lowest BCUT2D eigenvalue weighted by molar-refractivity contribution is 0.357. The third kappa shape index (κ3) is 2.43. The number of benzene rings is 2. The van der Waals surface area contributed by atoms with E-state index in [2.05, 4.69) is 15.3 Å². The molecule has 0 fully saturated rings. The number of hydrogen-bond acceptors (Lipinski definition) is 5. The van der Waals surface area contributed by atoms with Crippen LogP contribution in [0.4, 0.5) is 17.2 Å². The van der Waals surface area contributed by atoms with Crippen molar-refractivity contribution in [3.63, 3.8) is 0 Å². The second-order valence-corrected chi connectivity index (χ2v) is 6.14. The molecule has 1 aromatic heterocycles. The predicted molar refractivity (Wildman–Crippen MR) is 102 cm³/mol. The minimum absolute atomic E-state index is 0.473. The normalized spacial score (nSPS) is 12.9. The average molecular weight is 373 g/mol. The Kier molecular flexibility index (Phi) is 3.82. The highest BCUT2D eigenvalue weighted by atomic mass is 35.5. The van der Waals surface area contributed by atoms with E-state index >= 15 is 0 Å². The van der Waals surface area contributed by atoms with Crippen molar-refractivity contribution < 1.29 is 9.47 Å². The van der Waals surface area contributed by atoms with E-state index in [1.165, 1.54) is 6.33 Å². The molecule has 1 N–H and O–H groups in total. The molecule has 126 valence electrons. The quantitative estimate of drug-likeness (QED) is 0.693. The van der Waals surface area contributed by atoms with Crippen molar-refractivity contribution in [3.8, 4) is 11.5 Å². The molecule has 0 bridgehead atoms. The van der Waals surface area contributed by atoms with Crippen molar-refractivity contribution in [1.82, 2.24) is 9.97 Å². The van der Waals surface area contributed by atoms with Crippen LogP contribution in [0.5, 0.6) is 11.5 Å². The molecule has 0 amide bonds. The van der Waals surface area contributed by atoms with Gasteiger partial charge in [-0.15, -0.1) is 0 Å². The Morgan fingerprint density at radius 3 is 2.56 bits per heavy atom. The van der Waals surface area contributed by atoms with E-state index in [4.69, 9.17) is 33.3 Å². The summed E-state index contributed by atoms with van der Waals surface area (Å²) >= 11 is 11.6. The van der Waals surface area contributed by atoms with Gasteiger partial charge < -0.3 is 14.8 Å². The molecule has 8 heteroatoms. The van der Waals surface area contributed by atoms with Gasteiger partial charge in [0.25, 0.3) is 0 Å². The Labute approximate surface area is 154 Å². The zero-order valence-corrected chi connectivity index (χ0v) is 15.0. The van der Waals surface area contributed by atoms with Gasteiger partial charge in [-0.05, 0) is 36.5 Å². The molecule has 2 heterocycles. The first-order valence-electron chi connectivity index (χ1n) is 7.40. The van der Waals surface area contributed by atoms with Crippen LogP contribution in [0.3, 0.4) is 0 Å². The lowest BCUT2D eigenvalue weighted by Crippen LogP contribution is -2.34. The fourth-order valence-electron chi connectivity index (χ4n) is 2.90. The molecule has 0 spiro atoms. The van der Waals surface area contributed by atoms with E-state index in [-0.39, 0.29) is 0 Å². The van der Waals surface area contributed by atoms with Crippen LogP contribution in [0.15, 0.2) is 36.7 Å². The maximum atomic E-state index is 6.00. The summed E-state index contributed by atoms with van der Waals surface area (Å²) in [4.78, 5) is 10.7. The molecule has 3 aromatic rings. The maximum Gasteiger partial charge on any atom is 0.185 e. The number of ether oxygens (including phenoxy) is 2. The van der Waals surface area contributed by atoms with Crippen LogP contribution in [-0.4, -0.2) is 29.3 Å². The van der Waals surface area contributed by atoms with Crippen molar-refractivity contribution >= 4 is 57.0 Å². The van der Waals surface area contributed by atoms with E-state index in [1.807, 2.05) is 35.2 Å². The van der Waals surface area contributed by atoms with E-state index in [1.54, 1.807) is 14.2 Å². The number of nitrogens with zero attached hydrogens (tertiary/aromatic N) is 3. The molecule has 6 nitrogen and oxygen atoms in total. The molecular formula is C17H13ClN4O2S. The lowest BCUT2D eigenvalue weighted by atomic mass is 10.1. The molecule has 1 aliphatic rings. The minimum atomic E-state index is 0.473. The van der Waals surface area contributed by atoms with Gasteiger partial charge in [0, 0.05) is 16.8 Å². The minimum Gasteiger partial charge on any atom is -0.493 e. The van der Waals surface area contributed by atoms with Crippen LogP contribution in [0.2, 0.25) is 5.02 Å². The van der Waals surface area contributed by atoms with Gasteiger partial charge in [0.1, 0.15) is 12.0 Å². The summed E-state index contributed by atoms with van der Waals surface area (Å²) in [5.41, 5.74) is 2.27. The van der Waals surface area contributed by atoms with E-state index in [9.17, 15) is 0 Å². The molecule has 0 unspecified atom stereocenters. The first-order valence-corrected chi connectivity index (χ1v) is 8.19. The Bertz CT molecular complexity index is 994. The Morgan fingerprint density at radius 1 is 1.12 bits per heavy atom. The van der Waals surface area contributed by atoms with Crippen LogP contribution in [-0.2, 0) is 0 Å². The number of methoxy groups -OCH3 is 2. The molecule has 0 aliphatic carbocycles. The van der Waals surface area contributed by atoms with Crippen molar-refractivity contribution in [2.24, 2.45) is 0 Å². The van der Waals surface area contributed by atoms with Crippen LogP contribution in [0.1, 0.15) is 0 Å². The molecule has 0 saturated carbocycles. The van der Waals surface area contributed by atoms with E-state index in [0.717, 1.165) is 16.6 Å². The number of anilines is 3. The molecule has 0 radical (unpaired) electrons. The van der Waals surface area contributed by atoms with Gasteiger partial charge in [0.2, 0.25) is 0 Å². The van der Waals surface area contributed by atoms with Crippen molar-refractivity contribution in [2.75, 3.05) is 24.4 Å². The largest absolute Gasteiger partial charge is 0.493 e. The summed E-state index contributed by atoms with van der Waals surface area (Å²) in [5.74, 6) is 1.81. The first kappa shape index (κ1) is 15.9. The summed E-state index contributed by atoms with van der Waals surface area (Å²) in [6.45, 7) is 0. The fraction of sp³-hybridized carbons (Fsp3) is 0.118. The highest BCUT2D eigenvalue weighted by Gasteiger charge is 2.30. The molecule has 2 aromatic carbocycles. The van der Waals surface area contributed by atoms with Crippen LogP contribution in [0, 0.1) is 0 Å². The number of thiocarbonyl (C=S) groups is 1. The van der Waals surface area contributed by atoms with Crippen molar-refractivity contribution in [2.45, 2.75) is 0 Å². The van der Waals surface area contributed by atoms with Gasteiger partial charge >= 0.3 is 0 Å². The van der Waals surface area contributed by atoms with Gasteiger partial charge in [-0.3, -0.25) is 4.90 Å².